The van der Waals surface area contributed by atoms with Gasteiger partial charge in [-0.3, -0.25) is 9.59 Å². The van der Waals surface area contributed by atoms with Crippen molar-refractivity contribution in [1.29, 1.82) is 0 Å². The van der Waals surface area contributed by atoms with Crippen molar-refractivity contribution in [2.45, 2.75) is 50.9 Å². The molecule has 3 atom stereocenters. The Bertz CT molecular complexity index is 651. The third-order valence-electron chi connectivity index (χ3n) is 4.35. The van der Waals surface area contributed by atoms with E-state index in [1.54, 1.807) is 6.92 Å². The minimum absolute atomic E-state index is 0.0678. The van der Waals surface area contributed by atoms with Gasteiger partial charge in [0.15, 0.2) is 12.2 Å². The number of aryl methyl sites for hydroxylation is 1. The van der Waals surface area contributed by atoms with Crippen LogP contribution in [0.4, 0.5) is 0 Å². The molecular formula is C20H28N2O6. The van der Waals surface area contributed by atoms with Gasteiger partial charge in [0.05, 0.1) is 6.61 Å². The summed E-state index contributed by atoms with van der Waals surface area (Å²) < 4.78 is 9.94. The lowest BCUT2D eigenvalue weighted by Gasteiger charge is -2.18. The van der Waals surface area contributed by atoms with Gasteiger partial charge in [-0.2, -0.15) is 0 Å². The van der Waals surface area contributed by atoms with Crippen LogP contribution < -0.4 is 10.6 Å². The van der Waals surface area contributed by atoms with Gasteiger partial charge in [0.1, 0.15) is 6.04 Å². The molecular weight excluding hydrogens is 364 g/mol. The maximum absolute atomic E-state index is 12.5. The first-order valence-electron chi connectivity index (χ1n) is 9.61. The Morgan fingerprint density at radius 1 is 1.18 bits per heavy atom. The number of carbonyl (C=O) groups is 3. The van der Waals surface area contributed by atoms with Gasteiger partial charge in [-0.25, -0.2) is 4.79 Å². The van der Waals surface area contributed by atoms with E-state index in [-0.39, 0.29) is 19.1 Å². The van der Waals surface area contributed by atoms with Crippen LogP contribution in [0.15, 0.2) is 30.3 Å². The number of nitrogens with one attached hydrogen (secondary N) is 2. The van der Waals surface area contributed by atoms with Crippen molar-refractivity contribution in [3.63, 3.8) is 0 Å². The fraction of sp³-hybridized carbons (Fsp3) is 0.550. The number of hydrogen-bond acceptors (Lipinski definition) is 6. The molecule has 2 amide bonds. The quantitative estimate of drug-likeness (QED) is 0.268. The lowest BCUT2D eigenvalue weighted by Crippen LogP contribution is -2.49. The van der Waals surface area contributed by atoms with Gasteiger partial charge in [-0.15, -0.1) is 0 Å². The first kappa shape index (κ1) is 21.8. The number of amides is 2. The molecule has 1 aromatic carbocycles. The lowest BCUT2D eigenvalue weighted by molar-refractivity contribution is -0.144. The Balaban J connectivity index is 1.90. The number of unbranched alkanes of at least 4 members (excludes halogenated alkanes) is 1. The van der Waals surface area contributed by atoms with E-state index < -0.39 is 30.1 Å². The van der Waals surface area contributed by atoms with Gasteiger partial charge in [-0.05, 0) is 38.2 Å². The highest BCUT2D eigenvalue weighted by Crippen LogP contribution is 2.24. The molecule has 0 aromatic heterocycles. The van der Waals surface area contributed by atoms with Crippen molar-refractivity contribution in [2.24, 2.45) is 0 Å². The summed E-state index contributed by atoms with van der Waals surface area (Å²) in [6.45, 7) is 2.37. The molecule has 8 nitrogen and oxygen atoms in total. The monoisotopic (exact) mass is 392 g/mol. The van der Waals surface area contributed by atoms with Crippen LogP contribution in [0, 0.1) is 0 Å². The van der Waals surface area contributed by atoms with Crippen molar-refractivity contribution >= 4 is 17.8 Å². The average Bonchev–Trinajstić information content (AvgIpc) is 3.50. The Labute approximate surface area is 164 Å². The third-order valence-corrected chi connectivity index (χ3v) is 4.35. The second kappa shape index (κ2) is 11.4. The smallest absolute Gasteiger partial charge is 0.338 e. The third kappa shape index (κ3) is 6.94. The summed E-state index contributed by atoms with van der Waals surface area (Å²) in [5.41, 5.74) is 1.06. The summed E-state index contributed by atoms with van der Waals surface area (Å²) in [6.07, 6.45) is 0.459. The van der Waals surface area contributed by atoms with Crippen LogP contribution in [0.5, 0.6) is 0 Å². The highest BCUT2D eigenvalue weighted by Gasteiger charge is 2.52. The van der Waals surface area contributed by atoms with E-state index >= 15 is 0 Å². The van der Waals surface area contributed by atoms with E-state index in [1.165, 1.54) is 0 Å². The Hall–Kier alpha value is -2.45. The summed E-state index contributed by atoms with van der Waals surface area (Å²) in [4.78, 5) is 36.5. The number of rotatable bonds is 12. The second-order valence-corrected chi connectivity index (χ2v) is 6.54. The molecule has 1 aliphatic heterocycles. The number of epoxide rings is 1. The molecule has 154 valence electrons. The molecule has 28 heavy (non-hydrogen) atoms. The van der Waals surface area contributed by atoms with Crippen LogP contribution in [0.25, 0.3) is 0 Å². The molecule has 0 unspecified atom stereocenters. The van der Waals surface area contributed by atoms with Crippen LogP contribution in [0.1, 0.15) is 31.7 Å². The van der Waals surface area contributed by atoms with Crippen molar-refractivity contribution in [3.05, 3.63) is 35.9 Å². The SMILES string of the molecule is CCOC(=O)[C@@H]1O[C@H]1C(=O)N[C@@H](CCc1ccccc1)C(=O)NCCCCO. The molecule has 0 bridgehead atoms. The zero-order valence-corrected chi connectivity index (χ0v) is 16.1. The summed E-state index contributed by atoms with van der Waals surface area (Å²) in [5, 5.41) is 14.3. The number of benzene rings is 1. The zero-order valence-electron chi connectivity index (χ0n) is 16.1. The first-order chi connectivity index (χ1) is 13.6. The standard InChI is InChI=1S/C20H28N2O6/c1-2-27-20(26)17-16(28-17)19(25)22-15(18(24)21-12-6-7-13-23)11-10-14-8-4-3-5-9-14/h3-5,8-9,15-17,23H,2,6-7,10-13H2,1H3,(H,21,24)(H,22,25)/t15-,16+,17+/m0/s1. The molecule has 1 aromatic rings. The van der Waals surface area contributed by atoms with Crippen molar-refractivity contribution < 1.29 is 29.0 Å². The van der Waals surface area contributed by atoms with Crippen LogP contribution in [0.3, 0.4) is 0 Å². The first-order valence-corrected chi connectivity index (χ1v) is 9.61. The Kier molecular flexibility index (Phi) is 8.90. The van der Waals surface area contributed by atoms with Gasteiger partial charge in [0.25, 0.3) is 5.91 Å². The molecule has 0 spiro atoms. The predicted molar refractivity (Wildman–Crippen MR) is 101 cm³/mol. The van der Waals surface area contributed by atoms with E-state index in [9.17, 15) is 14.4 Å². The molecule has 1 saturated heterocycles. The summed E-state index contributed by atoms with van der Waals surface area (Å²) in [6, 6.07) is 8.92. The van der Waals surface area contributed by atoms with Crippen LogP contribution in [-0.4, -0.2) is 60.9 Å². The van der Waals surface area contributed by atoms with E-state index in [0.717, 1.165) is 5.56 Å². The topological polar surface area (TPSA) is 117 Å². The number of hydrogen-bond donors (Lipinski definition) is 3. The van der Waals surface area contributed by atoms with Gasteiger partial charge in [0.2, 0.25) is 5.91 Å². The molecule has 1 aliphatic rings. The molecule has 0 aliphatic carbocycles. The van der Waals surface area contributed by atoms with E-state index in [1.807, 2.05) is 30.3 Å². The molecule has 8 heteroatoms. The number of aliphatic hydroxyl groups excluding tert-OH is 1. The molecule has 0 radical (unpaired) electrons. The molecule has 0 saturated carbocycles. The summed E-state index contributed by atoms with van der Waals surface area (Å²) in [7, 11) is 0. The van der Waals surface area contributed by atoms with Crippen molar-refractivity contribution in [3.8, 4) is 0 Å². The van der Waals surface area contributed by atoms with Crippen molar-refractivity contribution in [1.82, 2.24) is 10.6 Å². The second-order valence-electron chi connectivity index (χ2n) is 6.54. The number of aliphatic hydroxyl groups is 1. The minimum atomic E-state index is -0.916. The van der Waals surface area contributed by atoms with Crippen LogP contribution >= 0.6 is 0 Å². The zero-order chi connectivity index (χ0) is 20.4. The summed E-state index contributed by atoms with van der Waals surface area (Å²) >= 11 is 0. The fourth-order valence-electron chi connectivity index (χ4n) is 2.77. The Morgan fingerprint density at radius 3 is 2.61 bits per heavy atom. The highest BCUT2D eigenvalue weighted by molar-refractivity contribution is 5.95. The van der Waals surface area contributed by atoms with Crippen LogP contribution in [0.2, 0.25) is 0 Å². The van der Waals surface area contributed by atoms with E-state index in [2.05, 4.69) is 10.6 Å². The number of ether oxygens (including phenoxy) is 2. The Morgan fingerprint density at radius 2 is 1.93 bits per heavy atom. The average molecular weight is 392 g/mol. The van der Waals surface area contributed by atoms with E-state index in [0.29, 0.717) is 32.2 Å². The van der Waals surface area contributed by atoms with Crippen molar-refractivity contribution in [2.75, 3.05) is 19.8 Å². The largest absolute Gasteiger partial charge is 0.464 e. The predicted octanol–water partition coefficient (Wildman–Crippen LogP) is 0.323. The molecule has 1 fully saturated rings. The maximum Gasteiger partial charge on any atom is 0.338 e. The van der Waals surface area contributed by atoms with Gasteiger partial charge in [0, 0.05) is 13.2 Å². The van der Waals surface area contributed by atoms with Gasteiger partial charge >= 0.3 is 5.97 Å². The maximum atomic E-state index is 12.5. The molecule has 3 N–H and O–H groups in total. The fourth-order valence-corrected chi connectivity index (χ4v) is 2.77. The normalized spacial score (nSPS) is 18.8. The van der Waals surface area contributed by atoms with E-state index in [4.69, 9.17) is 14.6 Å². The van der Waals surface area contributed by atoms with Crippen LogP contribution in [-0.2, 0) is 30.3 Å². The van der Waals surface area contributed by atoms with Gasteiger partial charge < -0.3 is 25.2 Å². The van der Waals surface area contributed by atoms with Gasteiger partial charge in [-0.1, -0.05) is 30.3 Å². The number of carbonyl (C=O) groups excluding carboxylic acids is 3. The number of esters is 1. The summed E-state index contributed by atoms with van der Waals surface area (Å²) in [5.74, 6) is -1.37. The molecule has 1 heterocycles. The lowest BCUT2D eigenvalue weighted by atomic mass is 10.0. The minimum Gasteiger partial charge on any atom is -0.464 e. The highest BCUT2D eigenvalue weighted by atomic mass is 16.6. The molecule has 2 rings (SSSR count).